The standard InChI is InChI=1S/C7H9BrClN3O/c1-4(8)2-10-7-5(13)6(9)11-3-12-7/h3-4,13H,2H2,1H3,(H,10,11,12). The number of nitrogens with one attached hydrogen (secondary N) is 1. The van der Waals surface area contributed by atoms with Crippen LogP contribution in [0.3, 0.4) is 0 Å². The summed E-state index contributed by atoms with van der Waals surface area (Å²) in [6, 6.07) is 0. The zero-order chi connectivity index (χ0) is 9.84. The van der Waals surface area contributed by atoms with Gasteiger partial charge in [0, 0.05) is 11.4 Å². The summed E-state index contributed by atoms with van der Waals surface area (Å²) >= 11 is 8.93. The summed E-state index contributed by atoms with van der Waals surface area (Å²) in [6.07, 6.45) is 1.29. The Morgan fingerprint density at radius 1 is 1.69 bits per heavy atom. The molecule has 0 saturated carbocycles. The molecule has 0 aliphatic heterocycles. The topological polar surface area (TPSA) is 58.0 Å². The average molecular weight is 267 g/mol. The van der Waals surface area contributed by atoms with Crippen LogP contribution in [0.4, 0.5) is 5.82 Å². The van der Waals surface area contributed by atoms with Gasteiger partial charge in [0.15, 0.2) is 16.7 Å². The lowest BCUT2D eigenvalue weighted by molar-refractivity contribution is 0.472. The molecule has 0 fully saturated rings. The van der Waals surface area contributed by atoms with Crippen LogP contribution in [0.25, 0.3) is 0 Å². The summed E-state index contributed by atoms with van der Waals surface area (Å²) in [5, 5.41) is 12.4. The third-order valence-corrected chi connectivity index (χ3v) is 1.93. The number of halogens is 2. The predicted molar refractivity (Wildman–Crippen MR) is 55.6 cm³/mol. The number of aromatic nitrogens is 2. The third-order valence-electron chi connectivity index (χ3n) is 1.33. The van der Waals surface area contributed by atoms with Crippen molar-refractivity contribution in [3.8, 4) is 5.75 Å². The molecule has 0 aliphatic rings. The minimum absolute atomic E-state index is 0.0553. The molecule has 1 rings (SSSR count). The van der Waals surface area contributed by atoms with E-state index in [1.54, 1.807) is 0 Å². The molecular weight excluding hydrogens is 257 g/mol. The number of aromatic hydroxyl groups is 1. The van der Waals surface area contributed by atoms with E-state index in [9.17, 15) is 5.11 Å². The van der Waals surface area contributed by atoms with E-state index < -0.39 is 0 Å². The van der Waals surface area contributed by atoms with Crippen LogP contribution in [0.5, 0.6) is 5.75 Å². The molecular formula is C7H9BrClN3O. The van der Waals surface area contributed by atoms with Crippen LogP contribution in [0.2, 0.25) is 5.15 Å². The van der Waals surface area contributed by atoms with Crippen molar-refractivity contribution in [3.63, 3.8) is 0 Å². The Hall–Kier alpha value is -0.550. The highest BCUT2D eigenvalue weighted by molar-refractivity contribution is 9.09. The lowest BCUT2D eigenvalue weighted by atomic mass is 10.4. The molecule has 1 atom stereocenters. The normalized spacial score (nSPS) is 12.5. The maximum atomic E-state index is 9.38. The monoisotopic (exact) mass is 265 g/mol. The molecule has 0 saturated heterocycles. The number of hydrogen-bond donors (Lipinski definition) is 2. The summed E-state index contributed by atoms with van der Waals surface area (Å²) in [4.78, 5) is 7.74. The van der Waals surface area contributed by atoms with E-state index in [1.165, 1.54) is 6.33 Å². The summed E-state index contributed by atoms with van der Waals surface area (Å²) in [6.45, 7) is 2.63. The molecule has 13 heavy (non-hydrogen) atoms. The van der Waals surface area contributed by atoms with Crippen LogP contribution in [0, 0.1) is 0 Å². The van der Waals surface area contributed by atoms with Gasteiger partial charge in [-0.05, 0) is 0 Å². The summed E-state index contributed by atoms with van der Waals surface area (Å²) < 4.78 is 0. The highest BCUT2D eigenvalue weighted by Crippen LogP contribution is 2.26. The lowest BCUT2D eigenvalue weighted by Crippen LogP contribution is -2.11. The molecule has 1 unspecified atom stereocenters. The first-order valence-electron chi connectivity index (χ1n) is 3.68. The Kier molecular flexibility index (Phi) is 3.74. The summed E-state index contributed by atoms with van der Waals surface area (Å²) in [5.41, 5.74) is 0. The third kappa shape index (κ3) is 3.00. The van der Waals surface area contributed by atoms with Crippen molar-refractivity contribution >= 4 is 33.3 Å². The molecule has 1 aromatic rings. The molecule has 1 heterocycles. The Morgan fingerprint density at radius 2 is 2.38 bits per heavy atom. The van der Waals surface area contributed by atoms with Gasteiger partial charge in [0.25, 0.3) is 0 Å². The highest BCUT2D eigenvalue weighted by atomic mass is 79.9. The van der Waals surface area contributed by atoms with Gasteiger partial charge in [-0.2, -0.15) is 0 Å². The van der Waals surface area contributed by atoms with Gasteiger partial charge in [0.05, 0.1) is 0 Å². The Bertz CT molecular complexity index is 295. The maximum Gasteiger partial charge on any atom is 0.196 e. The van der Waals surface area contributed by atoms with E-state index in [-0.39, 0.29) is 10.9 Å². The zero-order valence-electron chi connectivity index (χ0n) is 6.96. The Morgan fingerprint density at radius 3 is 3.00 bits per heavy atom. The van der Waals surface area contributed by atoms with Gasteiger partial charge >= 0.3 is 0 Å². The highest BCUT2D eigenvalue weighted by Gasteiger charge is 2.07. The second-order valence-corrected chi connectivity index (χ2v) is 4.44. The first-order valence-corrected chi connectivity index (χ1v) is 4.98. The van der Waals surface area contributed by atoms with Crippen LogP contribution in [0.15, 0.2) is 6.33 Å². The van der Waals surface area contributed by atoms with Crippen molar-refractivity contribution in [3.05, 3.63) is 11.5 Å². The molecule has 1 aromatic heterocycles. The van der Waals surface area contributed by atoms with Gasteiger partial charge in [0.2, 0.25) is 0 Å². The van der Waals surface area contributed by atoms with Gasteiger partial charge in [-0.3, -0.25) is 0 Å². The molecule has 0 aromatic carbocycles. The number of anilines is 1. The van der Waals surface area contributed by atoms with Crippen molar-refractivity contribution in [2.24, 2.45) is 0 Å². The van der Waals surface area contributed by atoms with Crippen molar-refractivity contribution < 1.29 is 5.11 Å². The van der Waals surface area contributed by atoms with E-state index in [1.807, 2.05) is 6.92 Å². The van der Waals surface area contributed by atoms with Gasteiger partial charge in [-0.15, -0.1) is 0 Å². The lowest BCUT2D eigenvalue weighted by Gasteiger charge is -2.08. The van der Waals surface area contributed by atoms with Gasteiger partial charge in [-0.25, -0.2) is 9.97 Å². The number of nitrogens with zero attached hydrogens (tertiary/aromatic N) is 2. The molecule has 0 aliphatic carbocycles. The average Bonchev–Trinajstić information content (AvgIpc) is 2.07. The second kappa shape index (κ2) is 4.62. The first-order chi connectivity index (χ1) is 6.11. The minimum Gasteiger partial charge on any atom is -0.502 e. The van der Waals surface area contributed by atoms with Crippen LogP contribution >= 0.6 is 27.5 Å². The quantitative estimate of drug-likeness (QED) is 0.649. The maximum absolute atomic E-state index is 9.38. The molecule has 0 bridgehead atoms. The van der Waals surface area contributed by atoms with Crippen molar-refractivity contribution in [2.45, 2.75) is 11.8 Å². The molecule has 72 valence electrons. The Balaban J connectivity index is 2.71. The van der Waals surface area contributed by atoms with Gasteiger partial charge in [-0.1, -0.05) is 34.5 Å². The van der Waals surface area contributed by atoms with Crippen LogP contribution in [0.1, 0.15) is 6.92 Å². The van der Waals surface area contributed by atoms with Gasteiger partial charge in [0.1, 0.15) is 6.33 Å². The fourth-order valence-electron chi connectivity index (χ4n) is 0.724. The van der Waals surface area contributed by atoms with Crippen LogP contribution in [-0.2, 0) is 0 Å². The van der Waals surface area contributed by atoms with E-state index in [2.05, 4.69) is 31.2 Å². The summed E-state index contributed by atoms with van der Waals surface area (Å²) in [5.74, 6) is 0.239. The predicted octanol–water partition coefficient (Wildman–Crippen LogP) is 2.03. The SMILES string of the molecule is CC(Br)CNc1ncnc(Cl)c1O. The van der Waals surface area contributed by atoms with Crippen molar-refractivity contribution in [1.82, 2.24) is 9.97 Å². The first kappa shape index (κ1) is 10.5. The van der Waals surface area contributed by atoms with E-state index in [0.717, 1.165) is 0 Å². The van der Waals surface area contributed by atoms with E-state index in [0.29, 0.717) is 17.2 Å². The molecule has 0 amide bonds. The van der Waals surface area contributed by atoms with Crippen LogP contribution < -0.4 is 5.32 Å². The summed E-state index contributed by atoms with van der Waals surface area (Å²) in [7, 11) is 0. The van der Waals surface area contributed by atoms with Gasteiger partial charge < -0.3 is 10.4 Å². The molecule has 0 spiro atoms. The second-order valence-electron chi connectivity index (χ2n) is 2.52. The van der Waals surface area contributed by atoms with Crippen molar-refractivity contribution in [1.29, 1.82) is 0 Å². The number of hydrogen-bond acceptors (Lipinski definition) is 4. The fraction of sp³-hybridized carbons (Fsp3) is 0.429. The number of rotatable bonds is 3. The smallest absolute Gasteiger partial charge is 0.196 e. The molecule has 2 N–H and O–H groups in total. The van der Waals surface area contributed by atoms with E-state index in [4.69, 9.17) is 11.6 Å². The zero-order valence-corrected chi connectivity index (χ0v) is 9.30. The fourth-order valence-corrected chi connectivity index (χ4v) is 1.02. The molecule has 6 heteroatoms. The molecule has 4 nitrogen and oxygen atoms in total. The number of alkyl halides is 1. The minimum atomic E-state index is -0.114. The molecule has 0 radical (unpaired) electrons. The van der Waals surface area contributed by atoms with Crippen LogP contribution in [-0.4, -0.2) is 26.4 Å². The van der Waals surface area contributed by atoms with E-state index >= 15 is 0 Å². The largest absolute Gasteiger partial charge is 0.502 e. The van der Waals surface area contributed by atoms with Crippen molar-refractivity contribution in [2.75, 3.05) is 11.9 Å². The Labute approximate surface area is 89.5 Å².